The molecule has 1 aromatic rings. The number of thiol groups is 3. The Hall–Kier alpha value is 3.06. The largest absolute Gasteiger partial charge is 0.138 e. The fraction of sp³-hybridized carbons (Fsp3) is 0. The standard InChI is InChI=1S/C3H3N3S3.3Na/c7-1-2(8)4-6-5-3(1)9;;;/h(H,6,7)(H2,4,5,8,9);;;. The van der Waals surface area contributed by atoms with Gasteiger partial charge in [-0.3, -0.25) is 0 Å². The van der Waals surface area contributed by atoms with Crippen LogP contribution < -0.4 is 0 Å². The zero-order valence-electron chi connectivity index (χ0n) is 7.18. The van der Waals surface area contributed by atoms with Crippen molar-refractivity contribution in [3.05, 3.63) is 0 Å². The van der Waals surface area contributed by atoms with Gasteiger partial charge in [-0.15, -0.1) is 48.1 Å². The molecule has 0 N–H and O–H groups in total. The van der Waals surface area contributed by atoms with E-state index in [1.54, 1.807) is 0 Å². The van der Waals surface area contributed by atoms with Crippen LogP contribution in [0, 0.1) is 0 Å². The van der Waals surface area contributed by atoms with Gasteiger partial charge < -0.3 is 0 Å². The van der Waals surface area contributed by atoms with E-state index >= 15 is 0 Å². The molecule has 3 nitrogen and oxygen atoms in total. The molecular formula is C3H3N3Na3S3. The molecule has 0 unspecified atom stereocenters. The Balaban J connectivity index is -0.000000270. The van der Waals surface area contributed by atoms with Gasteiger partial charge in [0.05, 0.1) is 4.90 Å². The van der Waals surface area contributed by atoms with Crippen LogP contribution in [0.4, 0.5) is 0 Å². The summed E-state index contributed by atoms with van der Waals surface area (Å²) in [4.78, 5) is 0.552. The van der Waals surface area contributed by atoms with E-state index in [2.05, 4.69) is 53.3 Å². The second-order valence-corrected chi connectivity index (χ2v) is 2.58. The van der Waals surface area contributed by atoms with Crippen molar-refractivity contribution in [3.8, 4) is 0 Å². The van der Waals surface area contributed by atoms with E-state index < -0.39 is 0 Å². The summed E-state index contributed by atoms with van der Waals surface area (Å²) in [6.07, 6.45) is 0. The Morgan fingerprint density at radius 2 is 1.08 bits per heavy atom. The molecule has 0 bridgehead atoms. The molecule has 0 aliphatic rings. The van der Waals surface area contributed by atoms with Crippen LogP contribution >= 0.6 is 37.9 Å². The number of hydrogen-bond acceptors (Lipinski definition) is 6. The van der Waals surface area contributed by atoms with Crippen LogP contribution in [0.25, 0.3) is 0 Å². The van der Waals surface area contributed by atoms with E-state index in [1.165, 1.54) is 0 Å². The van der Waals surface area contributed by atoms with Gasteiger partial charge in [-0.25, -0.2) is 0 Å². The minimum atomic E-state index is 0. The van der Waals surface area contributed by atoms with E-state index in [1.807, 2.05) is 0 Å². The van der Waals surface area contributed by atoms with Crippen LogP contribution in [0.15, 0.2) is 14.9 Å². The molecule has 0 aliphatic heterocycles. The Bertz CT molecular complexity index is 215. The molecular weight excluding hydrogens is 243 g/mol. The van der Waals surface area contributed by atoms with Crippen molar-refractivity contribution >= 4 is 127 Å². The summed E-state index contributed by atoms with van der Waals surface area (Å²) >= 11 is 11.9. The van der Waals surface area contributed by atoms with E-state index in [-0.39, 0.29) is 88.7 Å². The molecule has 0 aliphatic carbocycles. The maximum atomic E-state index is 3.99. The number of hydrogen-bond donors (Lipinski definition) is 3. The molecule has 3 radical (unpaired) electrons. The fourth-order valence-corrected chi connectivity index (χ4v) is 0.771. The predicted molar refractivity (Wildman–Crippen MR) is 58.8 cm³/mol. The first-order valence-electron chi connectivity index (χ1n) is 2.02. The van der Waals surface area contributed by atoms with E-state index in [0.717, 1.165) is 0 Å². The van der Waals surface area contributed by atoms with Crippen molar-refractivity contribution in [1.29, 1.82) is 0 Å². The number of rotatable bonds is 0. The molecule has 0 spiro atoms. The quantitative estimate of drug-likeness (QED) is 0.431. The molecule has 1 rings (SSSR count). The van der Waals surface area contributed by atoms with Crippen molar-refractivity contribution in [2.75, 3.05) is 0 Å². The molecule has 9 heteroatoms. The van der Waals surface area contributed by atoms with Crippen molar-refractivity contribution in [2.45, 2.75) is 14.9 Å². The van der Waals surface area contributed by atoms with Gasteiger partial charge in [0.15, 0.2) is 0 Å². The molecule has 0 saturated carbocycles. The molecule has 1 heterocycles. The minimum Gasteiger partial charge on any atom is -0.138 e. The van der Waals surface area contributed by atoms with Gasteiger partial charge in [0.1, 0.15) is 10.1 Å². The molecule has 0 saturated heterocycles. The zero-order chi connectivity index (χ0) is 6.85. The summed E-state index contributed by atoms with van der Waals surface area (Å²) in [6.45, 7) is 0. The van der Waals surface area contributed by atoms with Gasteiger partial charge in [-0.1, -0.05) is 0 Å². The first-order valence-corrected chi connectivity index (χ1v) is 3.36. The normalized spacial score (nSPS) is 7.25. The number of aromatic nitrogens is 3. The summed E-state index contributed by atoms with van der Waals surface area (Å²) in [5, 5.41) is 11.3. The average molecular weight is 246 g/mol. The van der Waals surface area contributed by atoms with Crippen LogP contribution in [-0.2, 0) is 0 Å². The molecule has 0 amide bonds. The smallest absolute Gasteiger partial charge is 0.134 e. The maximum Gasteiger partial charge on any atom is 0.134 e. The van der Waals surface area contributed by atoms with Crippen molar-refractivity contribution in [1.82, 2.24) is 15.4 Å². The third kappa shape index (κ3) is 6.53. The van der Waals surface area contributed by atoms with E-state index in [0.29, 0.717) is 14.9 Å². The summed E-state index contributed by atoms with van der Waals surface area (Å²) < 4.78 is 0. The zero-order valence-corrected chi connectivity index (χ0v) is 15.9. The van der Waals surface area contributed by atoms with Crippen LogP contribution in [0.5, 0.6) is 0 Å². The van der Waals surface area contributed by atoms with Gasteiger partial charge in [0, 0.05) is 88.7 Å². The topological polar surface area (TPSA) is 38.7 Å². The Kier molecular flexibility index (Phi) is 18.0. The third-order valence-corrected chi connectivity index (χ3v) is 2.10. The average Bonchev–Trinajstić information content (AvgIpc) is 1.83. The summed E-state index contributed by atoms with van der Waals surface area (Å²) in [6, 6.07) is 0. The molecule has 1 aromatic heterocycles. The van der Waals surface area contributed by atoms with Crippen molar-refractivity contribution < 1.29 is 0 Å². The Morgan fingerprint density at radius 1 is 0.750 bits per heavy atom. The van der Waals surface area contributed by atoms with Gasteiger partial charge in [-0.2, -0.15) is 0 Å². The Morgan fingerprint density at radius 3 is 1.33 bits per heavy atom. The first kappa shape index (κ1) is 20.5. The molecule has 0 atom stereocenters. The van der Waals surface area contributed by atoms with Crippen LogP contribution in [0.2, 0.25) is 0 Å². The minimum absolute atomic E-state index is 0. The molecule has 0 fully saturated rings. The number of nitrogens with zero attached hydrogens (tertiary/aromatic N) is 3. The second kappa shape index (κ2) is 10.6. The Labute approximate surface area is 154 Å². The van der Waals surface area contributed by atoms with Gasteiger partial charge >= 0.3 is 0 Å². The predicted octanol–water partition coefficient (Wildman–Crippen LogP) is -0.405. The van der Waals surface area contributed by atoms with Gasteiger partial charge in [0.25, 0.3) is 0 Å². The van der Waals surface area contributed by atoms with Crippen LogP contribution in [0.3, 0.4) is 0 Å². The third-order valence-electron chi connectivity index (χ3n) is 0.702. The van der Waals surface area contributed by atoms with Crippen molar-refractivity contribution in [3.63, 3.8) is 0 Å². The first-order chi connectivity index (χ1) is 4.22. The van der Waals surface area contributed by atoms with Crippen molar-refractivity contribution in [2.24, 2.45) is 0 Å². The maximum absolute atomic E-state index is 3.99. The summed E-state index contributed by atoms with van der Waals surface area (Å²) in [5.74, 6) is 0. The van der Waals surface area contributed by atoms with E-state index in [9.17, 15) is 0 Å². The molecule has 0 aromatic carbocycles. The molecule has 51 valence electrons. The monoisotopic (exact) mass is 246 g/mol. The van der Waals surface area contributed by atoms with Gasteiger partial charge in [0.2, 0.25) is 0 Å². The van der Waals surface area contributed by atoms with Crippen LogP contribution in [0.1, 0.15) is 0 Å². The SMILES string of the molecule is Sc1nnnc(S)c1S.[Na].[Na].[Na]. The van der Waals surface area contributed by atoms with Gasteiger partial charge in [-0.05, 0) is 5.21 Å². The second-order valence-electron chi connectivity index (χ2n) is 1.29. The summed E-state index contributed by atoms with van der Waals surface area (Å²) in [7, 11) is 0. The van der Waals surface area contributed by atoms with Crippen LogP contribution in [-0.4, -0.2) is 104 Å². The molecule has 12 heavy (non-hydrogen) atoms. The summed E-state index contributed by atoms with van der Waals surface area (Å²) in [5.41, 5.74) is 0. The fourth-order valence-electron chi connectivity index (χ4n) is 0.302. The van der Waals surface area contributed by atoms with E-state index in [4.69, 9.17) is 0 Å².